The van der Waals surface area contributed by atoms with Crippen LogP contribution in [0.15, 0.2) is 35.7 Å². The lowest BCUT2D eigenvalue weighted by Crippen LogP contribution is -2.42. The molecule has 1 aromatic carbocycles. The minimum Gasteiger partial charge on any atom is -0.354 e. The Bertz CT molecular complexity index is 649. The molecule has 0 radical (unpaired) electrons. The Kier molecular flexibility index (Phi) is 7.65. The van der Waals surface area contributed by atoms with E-state index in [-0.39, 0.29) is 31.3 Å². The third kappa shape index (κ3) is 6.10. The van der Waals surface area contributed by atoms with Crippen molar-refractivity contribution in [1.82, 2.24) is 10.3 Å². The van der Waals surface area contributed by atoms with Crippen molar-refractivity contribution >= 4 is 29.7 Å². The van der Waals surface area contributed by atoms with E-state index in [1.807, 2.05) is 30.3 Å². The van der Waals surface area contributed by atoms with Gasteiger partial charge >= 0.3 is 6.18 Å². The van der Waals surface area contributed by atoms with Gasteiger partial charge in [-0.3, -0.25) is 4.79 Å². The Balaban J connectivity index is 0.00000288. The number of halogens is 4. The lowest BCUT2D eigenvalue weighted by Gasteiger charge is -2.11. The zero-order chi connectivity index (χ0) is 16.9. The molecule has 4 nitrogen and oxygen atoms in total. The minimum absolute atomic E-state index is 0. The molecule has 0 bridgehead atoms. The maximum absolute atomic E-state index is 12.4. The van der Waals surface area contributed by atoms with E-state index in [1.165, 1.54) is 0 Å². The summed E-state index contributed by atoms with van der Waals surface area (Å²) in [5, 5.41) is 3.92. The van der Waals surface area contributed by atoms with Gasteiger partial charge in [-0.25, -0.2) is 4.98 Å². The van der Waals surface area contributed by atoms with Crippen LogP contribution in [0.2, 0.25) is 0 Å². The summed E-state index contributed by atoms with van der Waals surface area (Å²) < 4.78 is 37.3. The molecule has 0 saturated carbocycles. The van der Waals surface area contributed by atoms with Crippen LogP contribution >= 0.6 is 23.7 Å². The lowest BCUT2D eigenvalue weighted by molar-refractivity contribution is -0.140. The van der Waals surface area contributed by atoms with Gasteiger partial charge in [0.1, 0.15) is 0 Å². The molecule has 1 atom stereocenters. The SMILES string of the molecule is Cl.N[C@@H](Cc1ccccc1)C(=O)NCCc1nc(C(F)(F)F)cs1. The van der Waals surface area contributed by atoms with Crippen molar-refractivity contribution in [2.75, 3.05) is 6.54 Å². The van der Waals surface area contributed by atoms with Gasteiger partial charge in [-0.2, -0.15) is 13.2 Å². The number of hydrogen-bond acceptors (Lipinski definition) is 4. The number of hydrogen-bond donors (Lipinski definition) is 2. The largest absolute Gasteiger partial charge is 0.434 e. The summed E-state index contributed by atoms with van der Waals surface area (Å²) in [5.41, 5.74) is 5.87. The van der Waals surface area contributed by atoms with Gasteiger partial charge in [-0.15, -0.1) is 23.7 Å². The number of benzene rings is 1. The normalized spacial score (nSPS) is 12.3. The van der Waals surface area contributed by atoms with E-state index >= 15 is 0 Å². The van der Waals surface area contributed by atoms with Crippen LogP contribution in [-0.2, 0) is 23.8 Å². The van der Waals surface area contributed by atoms with Crippen molar-refractivity contribution in [3.8, 4) is 0 Å². The highest BCUT2D eigenvalue weighted by molar-refractivity contribution is 7.09. The minimum atomic E-state index is -4.43. The van der Waals surface area contributed by atoms with Crippen LogP contribution < -0.4 is 11.1 Å². The van der Waals surface area contributed by atoms with E-state index in [2.05, 4.69) is 10.3 Å². The molecule has 0 unspecified atom stereocenters. The molecule has 1 heterocycles. The first kappa shape index (κ1) is 20.4. The number of rotatable bonds is 6. The van der Waals surface area contributed by atoms with Crippen LogP contribution in [0.5, 0.6) is 0 Å². The van der Waals surface area contributed by atoms with Gasteiger partial charge in [0.05, 0.1) is 11.0 Å². The highest BCUT2D eigenvalue weighted by atomic mass is 35.5. The molecule has 0 spiro atoms. The maximum atomic E-state index is 12.4. The van der Waals surface area contributed by atoms with Gasteiger partial charge in [-0.05, 0) is 12.0 Å². The molecule has 2 aromatic rings. The summed E-state index contributed by atoms with van der Waals surface area (Å²) in [6.45, 7) is 0.201. The van der Waals surface area contributed by atoms with Gasteiger partial charge in [0.25, 0.3) is 0 Å². The fraction of sp³-hybridized carbons (Fsp3) is 0.333. The van der Waals surface area contributed by atoms with E-state index in [0.717, 1.165) is 22.3 Å². The predicted molar refractivity (Wildman–Crippen MR) is 89.2 cm³/mol. The summed E-state index contributed by atoms with van der Waals surface area (Å²) in [6.07, 6.45) is -3.79. The molecule has 132 valence electrons. The van der Waals surface area contributed by atoms with Crippen LogP contribution in [0.25, 0.3) is 0 Å². The molecule has 2 rings (SSSR count). The number of nitrogens with two attached hydrogens (primary N) is 1. The van der Waals surface area contributed by atoms with Crippen molar-refractivity contribution in [3.05, 3.63) is 52.0 Å². The van der Waals surface area contributed by atoms with E-state index < -0.39 is 17.9 Å². The van der Waals surface area contributed by atoms with Crippen LogP contribution in [0.4, 0.5) is 13.2 Å². The Labute approximate surface area is 147 Å². The first-order valence-electron chi connectivity index (χ1n) is 6.95. The number of amides is 1. The van der Waals surface area contributed by atoms with Crippen molar-refractivity contribution in [2.45, 2.75) is 25.1 Å². The third-order valence-corrected chi connectivity index (χ3v) is 4.02. The molecule has 24 heavy (non-hydrogen) atoms. The highest BCUT2D eigenvalue weighted by Crippen LogP contribution is 2.29. The summed E-state index contributed by atoms with van der Waals surface area (Å²) in [4.78, 5) is 15.4. The van der Waals surface area contributed by atoms with Gasteiger partial charge in [-0.1, -0.05) is 30.3 Å². The molecule has 3 N–H and O–H groups in total. The first-order valence-corrected chi connectivity index (χ1v) is 7.83. The summed E-state index contributed by atoms with van der Waals surface area (Å²) in [7, 11) is 0. The molecule has 0 aliphatic rings. The zero-order valence-electron chi connectivity index (χ0n) is 12.5. The molecule has 1 amide bonds. The average molecular weight is 380 g/mol. The van der Waals surface area contributed by atoms with E-state index in [4.69, 9.17) is 5.73 Å². The van der Waals surface area contributed by atoms with Crippen molar-refractivity contribution < 1.29 is 18.0 Å². The van der Waals surface area contributed by atoms with E-state index in [9.17, 15) is 18.0 Å². The Hall–Kier alpha value is -1.64. The van der Waals surface area contributed by atoms with E-state index in [1.54, 1.807) is 0 Å². The predicted octanol–water partition coefficient (Wildman–Crippen LogP) is 2.81. The zero-order valence-corrected chi connectivity index (χ0v) is 14.2. The molecule has 0 saturated heterocycles. The third-order valence-electron chi connectivity index (χ3n) is 3.12. The number of alkyl halides is 3. The summed E-state index contributed by atoms with van der Waals surface area (Å²) in [5.74, 6) is -0.332. The number of nitrogens with zero attached hydrogens (tertiary/aromatic N) is 1. The molecule has 0 fully saturated rings. The Morgan fingerprint density at radius 2 is 1.96 bits per heavy atom. The van der Waals surface area contributed by atoms with Crippen molar-refractivity contribution in [2.24, 2.45) is 5.73 Å². The molecular formula is C15H17ClF3N3OS. The van der Waals surface area contributed by atoms with E-state index in [0.29, 0.717) is 11.4 Å². The Morgan fingerprint density at radius 1 is 1.29 bits per heavy atom. The van der Waals surface area contributed by atoms with Crippen LogP contribution in [0, 0.1) is 0 Å². The smallest absolute Gasteiger partial charge is 0.354 e. The van der Waals surface area contributed by atoms with Gasteiger partial charge in [0.15, 0.2) is 5.69 Å². The highest BCUT2D eigenvalue weighted by Gasteiger charge is 2.33. The van der Waals surface area contributed by atoms with Gasteiger partial charge in [0.2, 0.25) is 5.91 Å². The van der Waals surface area contributed by atoms with Gasteiger partial charge < -0.3 is 11.1 Å². The maximum Gasteiger partial charge on any atom is 0.434 e. The second-order valence-electron chi connectivity index (χ2n) is 4.96. The topological polar surface area (TPSA) is 68.0 Å². The van der Waals surface area contributed by atoms with Crippen LogP contribution in [0.1, 0.15) is 16.3 Å². The monoisotopic (exact) mass is 379 g/mol. The average Bonchev–Trinajstić information content (AvgIpc) is 2.97. The van der Waals surface area contributed by atoms with Crippen LogP contribution in [0.3, 0.4) is 0 Å². The fourth-order valence-electron chi connectivity index (χ4n) is 1.94. The van der Waals surface area contributed by atoms with Gasteiger partial charge in [0, 0.05) is 18.3 Å². The number of carbonyl (C=O) groups excluding carboxylic acids is 1. The number of carbonyl (C=O) groups is 1. The quantitative estimate of drug-likeness (QED) is 0.811. The first-order chi connectivity index (χ1) is 10.9. The number of nitrogens with one attached hydrogen (secondary N) is 1. The molecular weight excluding hydrogens is 363 g/mol. The second-order valence-corrected chi connectivity index (χ2v) is 5.90. The molecule has 0 aliphatic heterocycles. The standard InChI is InChI=1S/C15H16F3N3OS.ClH/c16-15(17,18)12-9-23-13(21-12)6-7-20-14(22)11(19)8-10-4-2-1-3-5-10;/h1-5,9,11H,6-8,19H2,(H,20,22);1H/t11-;/m0./s1. The second kappa shape index (κ2) is 9.00. The lowest BCUT2D eigenvalue weighted by atomic mass is 10.1. The number of thiazole rings is 1. The summed E-state index contributed by atoms with van der Waals surface area (Å²) >= 11 is 0.925. The molecule has 0 aliphatic carbocycles. The molecule has 1 aromatic heterocycles. The summed E-state index contributed by atoms with van der Waals surface area (Å²) in [6, 6.07) is 8.65. The fourth-order valence-corrected chi connectivity index (χ4v) is 2.75. The Morgan fingerprint density at radius 3 is 2.54 bits per heavy atom. The molecule has 9 heteroatoms. The van der Waals surface area contributed by atoms with Crippen molar-refractivity contribution in [1.29, 1.82) is 0 Å². The van der Waals surface area contributed by atoms with Crippen molar-refractivity contribution in [3.63, 3.8) is 0 Å². The number of aromatic nitrogens is 1. The van der Waals surface area contributed by atoms with Crippen LogP contribution in [-0.4, -0.2) is 23.5 Å².